The smallest absolute Gasteiger partial charge is 0.351 e. The van der Waals surface area contributed by atoms with Crippen LogP contribution >= 0.6 is 8.53 Å². The molecule has 3 rings (SSSR count). The number of methoxy groups -OCH3 is 1. The minimum absolute atomic E-state index is 0.101. The summed E-state index contributed by atoms with van der Waals surface area (Å²) in [4.78, 5) is 32.8. The monoisotopic (exact) mass is 559 g/mol. The maximum absolute atomic E-state index is 13.0. The average molecular weight is 560 g/mol. The number of aromatic nitrogens is 2. The Balaban J connectivity index is 1.72. The van der Waals surface area contributed by atoms with Gasteiger partial charge >= 0.3 is 5.69 Å². The zero-order valence-electron chi connectivity index (χ0n) is 23.3. The van der Waals surface area contributed by atoms with E-state index in [1.54, 1.807) is 43.6 Å². The van der Waals surface area contributed by atoms with Crippen LogP contribution in [0.2, 0.25) is 0 Å². The standard InChI is InChI=1S/C27H38N5O6P/c1-18(2)32(19(3)4)39(36-16-14-28-6)37-17-22-20(5)24(35-7)26(38-22)31-15-13-23(30-27(31)34)29-25(33)21-11-9-8-10-12-21/h8-13,15,18-20,22,24,26H,14,16-17H2,1-5,7H3,(H,29,30,33,34)/t20-,22-,24-,26-,39?/m1/s1. The molecule has 12 heteroatoms. The van der Waals surface area contributed by atoms with Crippen LogP contribution in [0.15, 0.2) is 47.4 Å². The van der Waals surface area contributed by atoms with E-state index in [1.807, 2.05) is 13.0 Å². The van der Waals surface area contributed by atoms with Crippen LogP contribution in [0, 0.1) is 12.5 Å². The van der Waals surface area contributed by atoms with Gasteiger partial charge < -0.3 is 28.7 Å². The predicted molar refractivity (Wildman–Crippen MR) is 149 cm³/mol. The summed E-state index contributed by atoms with van der Waals surface area (Å²) in [6.07, 6.45) is 0.0174. The minimum Gasteiger partial charge on any atom is -0.376 e. The van der Waals surface area contributed by atoms with E-state index in [9.17, 15) is 9.59 Å². The van der Waals surface area contributed by atoms with Crippen molar-refractivity contribution in [2.75, 3.05) is 32.2 Å². The van der Waals surface area contributed by atoms with Crippen molar-refractivity contribution in [3.8, 4) is 0 Å². The maximum Gasteiger partial charge on any atom is 0.351 e. The Bertz CT molecular complexity index is 1160. The zero-order valence-corrected chi connectivity index (χ0v) is 24.2. The quantitative estimate of drug-likeness (QED) is 0.219. The number of nitrogens with one attached hydrogen (secondary N) is 1. The number of amides is 1. The number of rotatable bonds is 13. The highest BCUT2D eigenvalue weighted by molar-refractivity contribution is 7.44. The Morgan fingerprint density at radius 2 is 1.90 bits per heavy atom. The van der Waals surface area contributed by atoms with Gasteiger partial charge in [-0.15, -0.1) is 0 Å². The van der Waals surface area contributed by atoms with Gasteiger partial charge in [0, 0.05) is 36.9 Å². The second-order valence-corrected chi connectivity index (χ2v) is 11.2. The molecule has 1 fully saturated rings. The second kappa shape index (κ2) is 14.6. The van der Waals surface area contributed by atoms with Crippen molar-refractivity contribution in [3.63, 3.8) is 0 Å². The van der Waals surface area contributed by atoms with Crippen LogP contribution in [0.1, 0.15) is 51.2 Å². The first-order valence-corrected chi connectivity index (χ1v) is 14.1. The average Bonchev–Trinajstić information content (AvgIpc) is 3.22. The molecule has 2 aromatic rings. The maximum atomic E-state index is 13.0. The SMILES string of the molecule is [C-]#[N+]CCOP(OC[C@H]1O[C@@H](n2ccc(NC(=O)c3ccccc3)nc2=O)[C@H](OC)[C@@H]1C)N(C(C)C)C(C)C. The highest BCUT2D eigenvalue weighted by Gasteiger charge is 2.44. The van der Waals surface area contributed by atoms with Gasteiger partial charge in [0.1, 0.15) is 18.5 Å². The molecule has 1 amide bonds. The molecule has 212 valence electrons. The molecule has 0 saturated carbocycles. The summed E-state index contributed by atoms with van der Waals surface area (Å²) in [5.74, 6) is -0.310. The Labute approximate surface area is 231 Å². The molecule has 2 heterocycles. The number of carbonyl (C=O) groups is 1. The summed E-state index contributed by atoms with van der Waals surface area (Å²) in [6, 6.07) is 10.6. The lowest BCUT2D eigenvalue weighted by Gasteiger charge is -2.36. The van der Waals surface area contributed by atoms with E-state index in [4.69, 9.17) is 25.1 Å². The molecular weight excluding hydrogens is 521 g/mol. The Morgan fingerprint density at radius 1 is 1.21 bits per heavy atom. The molecule has 0 bridgehead atoms. The van der Waals surface area contributed by atoms with Crippen molar-refractivity contribution < 1.29 is 23.3 Å². The molecule has 39 heavy (non-hydrogen) atoms. The van der Waals surface area contributed by atoms with Crippen molar-refractivity contribution in [2.45, 2.75) is 65.1 Å². The first kappa shape index (κ1) is 30.8. The van der Waals surface area contributed by atoms with Gasteiger partial charge in [-0.3, -0.25) is 9.36 Å². The van der Waals surface area contributed by atoms with E-state index in [-0.39, 0.29) is 55.6 Å². The van der Waals surface area contributed by atoms with Gasteiger partial charge in [-0.25, -0.2) is 16.0 Å². The zero-order chi connectivity index (χ0) is 28.5. The molecule has 11 nitrogen and oxygen atoms in total. The third-order valence-corrected chi connectivity index (χ3v) is 8.43. The normalized spacial score (nSPS) is 21.8. The molecule has 1 saturated heterocycles. The lowest BCUT2D eigenvalue weighted by atomic mass is 10.0. The summed E-state index contributed by atoms with van der Waals surface area (Å²) in [5, 5.41) is 2.65. The number of benzene rings is 1. The predicted octanol–water partition coefficient (Wildman–Crippen LogP) is 4.34. The summed E-state index contributed by atoms with van der Waals surface area (Å²) >= 11 is 0. The van der Waals surface area contributed by atoms with Crippen LogP contribution in [-0.2, 0) is 18.5 Å². The van der Waals surface area contributed by atoms with Crippen molar-refractivity contribution in [2.24, 2.45) is 5.92 Å². The number of ether oxygens (including phenoxy) is 2. The second-order valence-electron chi connectivity index (χ2n) is 9.76. The third kappa shape index (κ3) is 7.92. The molecular formula is C27H38N5O6P. The molecule has 5 atom stereocenters. The lowest BCUT2D eigenvalue weighted by Crippen LogP contribution is -2.35. The fourth-order valence-corrected chi connectivity index (χ4v) is 6.11. The van der Waals surface area contributed by atoms with Crippen LogP contribution in [0.4, 0.5) is 5.82 Å². The van der Waals surface area contributed by atoms with Gasteiger partial charge in [0.15, 0.2) is 6.23 Å². The Hall–Kier alpha value is -2.71. The van der Waals surface area contributed by atoms with Crippen molar-refractivity contribution in [1.82, 2.24) is 14.2 Å². The largest absolute Gasteiger partial charge is 0.376 e. The summed E-state index contributed by atoms with van der Waals surface area (Å²) in [6.45, 7) is 18.1. The van der Waals surface area contributed by atoms with Crippen molar-refractivity contribution in [1.29, 1.82) is 0 Å². The first-order valence-electron chi connectivity index (χ1n) is 13.0. The number of anilines is 1. The molecule has 1 N–H and O–H groups in total. The Morgan fingerprint density at radius 3 is 2.49 bits per heavy atom. The van der Waals surface area contributed by atoms with Gasteiger partial charge in [-0.2, -0.15) is 4.98 Å². The number of hydrogen-bond acceptors (Lipinski definition) is 8. The minimum atomic E-state index is -1.43. The molecule has 1 aromatic carbocycles. The number of nitrogens with zero attached hydrogens (tertiary/aromatic N) is 4. The van der Waals surface area contributed by atoms with Gasteiger partial charge in [-0.1, -0.05) is 25.1 Å². The van der Waals surface area contributed by atoms with Gasteiger partial charge in [0.05, 0.1) is 12.7 Å². The number of carbonyl (C=O) groups excluding carboxylic acids is 1. The van der Waals surface area contributed by atoms with Crippen LogP contribution in [-0.4, -0.2) is 71.3 Å². The fourth-order valence-electron chi connectivity index (χ4n) is 4.50. The third-order valence-electron chi connectivity index (χ3n) is 6.35. The van der Waals surface area contributed by atoms with Crippen LogP contribution in [0.25, 0.3) is 4.85 Å². The molecule has 0 aliphatic carbocycles. The molecule has 0 spiro atoms. The highest BCUT2D eigenvalue weighted by Crippen LogP contribution is 2.47. The van der Waals surface area contributed by atoms with E-state index in [1.165, 1.54) is 4.57 Å². The van der Waals surface area contributed by atoms with Crippen LogP contribution < -0.4 is 11.0 Å². The summed E-state index contributed by atoms with van der Waals surface area (Å²) in [7, 11) is 0.149. The molecule has 1 aliphatic heterocycles. The molecule has 1 unspecified atom stereocenters. The number of hydrogen-bond donors (Lipinski definition) is 1. The topological polar surface area (TPSA) is 109 Å². The van der Waals surface area contributed by atoms with Crippen molar-refractivity contribution in [3.05, 3.63) is 70.1 Å². The molecule has 1 aromatic heterocycles. The fraction of sp³-hybridized carbons (Fsp3) is 0.556. The van der Waals surface area contributed by atoms with Gasteiger partial charge in [0.25, 0.3) is 14.4 Å². The van der Waals surface area contributed by atoms with Gasteiger partial charge in [-0.05, 0) is 45.9 Å². The van der Waals surface area contributed by atoms with Crippen LogP contribution in [0.3, 0.4) is 0 Å². The lowest BCUT2D eigenvalue weighted by molar-refractivity contribution is -0.0611. The van der Waals surface area contributed by atoms with Crippen molar-refractivity contribution >= 4 is 20.3 Å². The Kier molecular flexibility index (Phi) is 11.5. The highest BCUT2D eigenvalue weighted by atomic mass is 31.2. The van der Waals surface area contributed by atoms with E-state index in [0.29, 0.717) is 5.56 Å². The van der Waals surface area contributed by atoms with Crippen LogP contribution in [0.5, 0.6) is 0 Å². The van der Waals surface area contributed by atoms with E-state index in [0.717, 1.165) is 0 Å². The summed E-state index contributed by atoms with van der Waals surface area (Å²) in [5.41, 5.74) is -0.109. The first-order chi connectivity index (χ1) is 18.7. The van der Waals surface area contributed by atoms with Gasteiger partial charge in [0.2, 0.25) is 6.54 Å². The molecule has 0 radical (unpaired) electrons. The van der Waals surface area contributed by atoms with E-state index >= 15 is 0 Å². The van der Waals surface area contributed by atoms with E-state index < -0.39 is 26.5 Å². The molecule has 1 aliphatic rings. The van der Waals surface area contributed by atoms with E-state index in [2.05, 4.69) is 47.5 Å². The summed E-state index contributed by atoms with van der Waals surface area (Å²) < 4.78 is 27.8.